The zero-order valence-corrected chi connectivity index (χ0v) is 18.2. The summed E-state index contributed by atoms with van der Waals surface area (Å²) < 4.78 is 11.9. The van der Waals surface area contributed by atoms with Gasteiger partial charge in [-0.1, -0.05) is 35.5 Å². The van der Waals surface area contributed by atoms with Gasteiger partial charge in [0.2, 0.25) is 11.7 Å². The van der Waals surface area contributed by atoms with Crippen LogP contribution in [0.25, 0.3) is 22.8 Å². The van der Waals surface area contributed by atoms with Gasteiger partial charge in [0.25, 0.3) is 11.4 Å². The standard InChI is InChI=1S/C25H24N4O4/c1-32-21-12-9-19(10-13-21)24-27-25(33-28-24)20-11-14-23(31)29(16-20)17-22(30)26-15-5-8-18-6-3-2-4-7-18/h2-4,6-7,9-14,16H,5,8,15,17H2,1H3,(H,26,30). The molecule has 0 radical (unpaired) electrons. The fourth-order valence-electron chi connectivity index (χ4n) is 3.36. The van der Waals surface area contributed by atoms with Gasteiger partial charge in [-0.2, -0.15) is 4.98 Å². The molecular weight excluding hydrogens is 420 g/mol. The van der Waals surface area contributed by atoms with Gasteiger partial charge in [-0.25, -0.2) is 0 Å². The third kappa shape index (κ3) is 5.74. The first kappa shape index (κ1) is 22.0. The Morgan fingerprint density at radius 2 is 1.79 bits per heavy atom. The molecule has 4 rings (SSSR count). The second-order valence-corrected chi connectivity index (χ2v) is 7.47. The highest BCUT2D eigenvalue weighted by Crippen LogP contribution is 2.23. The van der Waals surface area contributed by atoms with Crippen LogP contribution in [0.3, 0.4) is 0 Å². The summed E-state index contributed by atoms with van der Waals surface area (Å²) >= 11 is 0. The van der Waals surface area contributed by atoms with Gasteiger partial charge in [-0.05, 0) is 48.7 Å². The first-order valence-electron chi connectivity index (χ1n) is 10.6. The SMILES string of the molecule is COc1ccc(-c2noc(-c3ccc(=O)n(CC(=O)NCCCc4ccccc4)c3)n2)cc1. The highest BCUT2D eigenvalue weighted by Gasteiger charge is 2.13. The maximum absolute atomic E-state index is 12.3. The highest BCUT2D eigenvalue weighted by molar-refractivity contribution is 5.75. The van der Waals surface area contributed by atoms with E-state index in [4.69, 9.17) is 9.26 Å². The van der Waals surface area contributed by atoms with Crippen molar-refractivity contribution in [3.63, 3.8) is 0 Å². The lowest BCUT2D eigenvalue weighted by atomic mass is 10.1. The van der Waals surface area contributed by atoms with Gasteiger partial charge in [0, 0.05) is 24.4 Å². The largest absolute Gasteiger partial charge is 0.497 e. The Morgan fingerprint density at radius 1 is 1.03 bits per heavy atom. The predicted octanol–water partition coefficient (Wildman–Crippen LogP) is 3.32. The van der Waals surface area contributed by atoms with Crippen molar-refractivity contribution in [3.8, 4) is 28.6 Å². The smallest absolute Gasteiger partial charge is 0.259 e. The van der Waals surface area contributed by atoms with Crippen LogP contribution in [0.5, 0.6) is 5.75 Å². The van der Waals surface area contributed by atoms with E-state index in [-0.39, 0.29) is 23.9 Å². The third-order valence-corrected chi connectivity index (χ3v) is 5.13. The van der Waals surface area contributed by atoms with Gasteiger partial charge >= 0.3 is 0 Å². The van der Waals surface area contributed by atoms with Crippen LogP contribution in [0.1, 0.15) is 12.0 Å². The average Bonchev–Trinajstić information content (AvgIpc) is 3.34. The lowest BCUT2D eigenvalue weighted by Gasteiger charge is -2.08. The molecule has 33 heavy (non-hydrogen) atoms. The minimum Gasteiger partial charge on any atom is -0.497 e. The van der Waals surface area contributed by atoms with Gasteiger partial charge < -0.3 is 19.1 Å². The topological polar surface area (TPSA) is 99.3 Å². The number of carbonyl (C=O) groups excluding carboxylic acids is 1. The van der Waals surface area contributed by atoms with Gasteiger partial charge in [0.1, 0.15) is 12.3 Å². The zero-order valence-electron chi connectivity index (χ0n) is 18.2. The van der Waals surface area contributed by atoms with E-state index in [9.17, 15) is 9.59 Å². The maximum Gasteiger partial charge on any atom is 0.259 e. The Hall–Kier alpha value is -4.20. The molecule has 2 aromatic heterocycles. The minimum absolute atomic E-state index is 0.0858. The molecule has 2 aromatic carbocycles. The molecule has 0 aliphatic heterocycles. The van der Waals surface area contributed by atoms with Crippen molar-refractivity contribution < 1.29 is 14.1 Å². The quantitative estimate of drug-likeness (QED) is 0.398. The lowest BCUT2D eigenvalue weighted by molar-refractivity contribution is -0.121. The Labute approximate surface area is 190 Å². The molecule has 0 atom stereocenters. The van der Waals surface area contributed by atoms with E-state index >= 15 is 0 Å². The van der Waals surface area contributed by atoms with Crippen molar-refractivity contribution in [2.75, 3.05) is 13.7 Å². The van der Waals surface area contributed by atoms with Crippen LogP contribution in [-0.4, -0.2) is 34.3 Å². The van der Waals surface area contributed by atoms with E-state index in [1.165, 1.54) is 16.2 Å². The molecule has 0 saturated carbocycles. The van der Waals surface area contributed by atoms with Crippen LogP contribution in [0.15, 0.2) is 82.2 Å². The van der Waals surface area contributed by atoms with Crippen LogP contribution in [-0.2, 0) is 17.8 Å². The fraction of sp³-hybridized carbons (Fsp3) is 0.200. The third-order valence-electron chi connectivity index (χ3n) is 5.13. The van der Waals surface area contributed by atoms with Crippen LogP contribution in [0.2, 0.25) is 0 Å². The number of aromatic nitrogens is 3. The normalized spacial score (nSPS) is 10.7. The molecule has 8 nitrogen and oxygen atoms in total. The van der Waals surface area contributed by atoms with Crippen molar-refractivity contribution in [1.29, 1.82) is 0 Å². The lowest BCUT2D eigenvalue weighted by Crippen LogP contribution is -2.32. The molecule has 0 bridgehead atoms. The van der Waals surface area contributed by atoms with Gasteiger partial charge in [-0.15, -0.1) is 0 Å². The molecule has 168 valence electrons. The second kappa shape index (κ2) is 10.4. The maximum atomic E-state index is 12.3. The summed E-state index contributed by atoms with van der Waals surface area (Å²) in [6.45, 7) is 0.453. The zero-order chi connectivity index (χ0) is 23.0. The molecule has 1 amide bonds. The number of rotatable bonds is 9. The van der Waals surface area contributed by atoms with Crippen LogP contribution in [0.4, 0.5) is 0 Å². The summed E-state index contributed by atoms with van der Waals surface area (Å²) in [6, 6.07) is 20.4. The molecule has 4 aromatic rings. The van der Waals surface area contributed by atoms with E-state index < -0.39 is 0 Å². The molecule has 0 fully saturated rings. The second-order valence-electron chi connectivity index (χ2n) is 7.47. The molecule has 2 heterocycles. The van der Waals surface area contributed by atoms with Crippen molar-refractivity contribution in [1.82, 2.24) is 20.0 Å². The Balaban J connectivity index is 1.38. The number of pyridine rings is 1. The monoisotopic (exact) mass is 444 g/mol. The molecule has 1 N–H and O–H groups in total. The minimum atomic E-state index is -0.284. The van der Waals surface area contributed by atoms with E-state index in [1.807, 2.05) is 42.5 Å². The molecule has 8 heteroatoms. The molecule has 0 unspecified atom stereocenters. The number of methoxy groups -OCH3 is 1. The summed E-state index contributed by atoms with van der Waals surface area (Å²) in [5, 5.41) is 6.88. The number of benzene rings is 2. The summed E-state index contributed by atoms with van der Waals surface area (Å²) in [4.78, 5) is 29.0. The number of nitrogens with zero attached hydrogens (tertiary/aromatic N) is 3. The number of hydrogen-bond donors (Lipinski definition) is 1. The number of hydrogen-bond acceptors (Lipinski definition) is 6. The summed E-state index contributed by atoms with van der Waals surface area (Å²) in [5.41, 5.74) is 2.27. The number of carbonyl (C=O) groups is 1. The summed E-state index contributed by atoms with van der Waals surface area (Å²) in [6.07, 6.45) is 3.25. The Kier molecular flexibility index (Phi) is 6.94. The molecule has 0 spiro atoms. The number of aryl methyl sites for hydroxylation is 1. The van der Waals surface area contributed by atoms with Crippen molar-refractivity contribution in [2.24, 2.45) is 0 Å². The highest BCUT2D eigenvalue weighted by atomic mass is 16.5. The molecular formula is C25H24N4O4. The Morgan fingerprint density at radius 3 is 2.55 bits per heavy atom. The number of amides is 1. The van der Waals surface area contributed by atoms with Crippen molar-refractivity contribution in [2.45, 2.75) is 19.4 Å². The van der Waals surface area contributed by atoms with E-state index in [1.54, 1.807) is 19.4 Å². The van der Waals surface area contributed by atoms with Gasteiger partial charge in [0.15, 0.2) is 0 Å². The van der Waals surface area contributed by atoms with E-state index in [0.29, 0.717) is 17.9 Å². The number of nitrogens with one attached hydrogen (secondary N) is 1. The first-order chi connectivity index (χ1) is 16.1. The van der Waals surface area contributed by atoms with Crippen LogP contribution in [0, 0.1) is 0 Å². The van der Waals surface area contributed by atoms with Gasteiger partial charge in [0.05, 0.1) is 12.7 Å². The fourth-order valence-corrected chi connectivity index (χ4v) is 3.36. The number of ether oxygens (including phenoxy) is 1. The molecule has 0 aliphatic rings. The van der Waals surface area contributed by atoms with Crippen LogP contribution < -0.4 is 15.6 Å². The summed E-state index contributed by atoms with van der Waals surface area (Å²) in [5.74, 6) is 1.18. The average molecular weight is 444 g/mol. The first-order valence-corrected chi connectivity index (χ1v) is 10.6. The van der Waals surface area contributed by atoms with Crippen LogP contribution >= 0.6 is 0 Å². The molecule has 0 aliphatic carbocycles. The van der Waals surface area contributed by atoms with E-state index in [0.717, 1.165) is 24.2 Å². The summed E-state index contributed by atoms with van der Waals surface area (Å²) in [7, 11) is 1.60. The van der Waals surface area contributed by atoms with Gasteiger partial charge in [-0.3, -0.25) is 9.59 Å². The van der Waals surface area contributed by atoms with E-state index in [2.05, 4.69) is 27.6 Å². The molecule has 0 saturated heterocycles. The predicted molar refractivity (Wildman–Crippen MR) is 124 cm³/mol. The van der Waals surface area contributed by atoms with Crippen molar-refractivity contribution in [3.05, 3.63) is 88.8 Å². The van der Waals surface area contributed by atoms with Crippen molar-refractivity contribution >= 4 is 5.91 Å². The Bertz CT molecular complexity index is 1260.